The summed E-state index contributed by atoms with van der Waals surface area (Å²) in [7, 11) is -9.61. The fourth-order valence-electron chi connectivity index (χ4n) is 2.87. The number of hydrogen-bond donors (Lipinski definition) is 5. The van der Waals surface area contributed by atoms with E-state index in [0.717, 1.165) is 0 Å². The predicted molar refractivity (Wildman–Crippen MR) is 86.3 cm³/mol. The molecule has 0 radical (unpaired) electrons. The second-order valence-corrected chi connectivity index (χ2v) is 8.84. The third-order valence-corrected chi connectivity index (χ3v) is 6.09. The molecule has 0 aliphatic carbocycles. The van der Waals surface area contributed by atoms with Crippen LogP contribution >= 0.6 is 15.6 Å². The van der Waals surface area contributed by atoms with E-state index >= 15 is 0 Å². The molecule has 19 heteroatoms. The third-order valence-electron chi connectivity index (χ3n) is 4.00. The molecule has 162 valence electrons. The molecule has 6 N–H and O–H groups in total. The first-order valence-electron chi connectivity index (χ1n) is 7.77. The Hall–Kier alpha value is -0.710. The van der Waals surface area contributed by atoms with Crippen LogP contribution in [0, 0.1) is 0 Å². The van der Waals surface area contributed by atoms with Crippen molar-refractivity contribution in [3.8, 4) is 0 Å². The maximum Gasteiger partial charge on any atom is 1.00 e. The Morgan fingerprint density at radius 2 is 2.03 bits per heavy atom. The molecule has 3 heterocycles. The number of aromatic amines is 1. The van der Waals surface area contributed by atoms with Crippen molar-refractivity contribution in [2.75, 3.05) is 12.3 Å². The van der Waals surface area contributed by atoms with Gasteiger partial charge < -0.3 is 39.9 Å². The predicted octanol–water partition coefficient (Wildman–Crippen LogP) is -7.28. The number of nitrogen functional groups attached to an aromatic ring is 1. The normalized spacial score (nSPS) is 28.1. The summed E-state index contributed by atoms with van der Waals surface area (Å²) in [6.45, 7) is -0.947. The van der Waals surface area contributed by atoms with E-state index < -0.39 is 52.4 Å². The summed E-state index contributed by atoms with van der Waals surface area (Å²) in [4.78, 5) is 48.6. The number of H-pyrrole nitrogens is 1. The Bertz CT molecular complexity index is 1090. The van der Waals surface area contributed by atoms with Crippen LogP contribution in [0.2, 0.25) is 0 Å². The quantitative estimate of drug-likeness (QED) is 0.147. The third kappa shape index (κ3) is 5.37. The molecule has 30 heavy (non-hydrogen) atoms. The number of imidazole rings is 1. The second-order valence-electron chi connectivity index (χ2n) is 6.10. The molecule has 1 aliphatic rings. The zero-order valence-electron chi connectivity index (χ0n) is 15.5. The van der Waals surface area contributed by atoms with Gasteiger partial charge in [-0.3, -0.25) is 23.5 Å². The minimum absolute atomic E-state index is 0. The first kappa shape index (κ1) is 25.5. The molecular formula is C11H16N5NaO11P2. The van der Waals surface area contributed by atoms with E-state index in [1.54, 1.807) is 0 Å². The average molecular weight is 479 g/mol. The number of hydrogen-bond acceptors (Lipinski definition) is 12. The number of aliphatic hydroxyl groups is 2. The summed E-state index contributed by atoms with van der Waals surface area (Å²) in [5, 5.41) is 20.4. The van der Waals surface area contributed by atoms with Gasteiger partial charge in [-0.2, -0.15) is 0 Å². The number of phosphoric acid groups is 2. The van der Waals surface area contributed by atoms with E-state index in [2.05, 4.69) is 18.8 Å². The van der Waals surface area contributed by atoms with Gasteiger partial charge >= 0.3 is 35.2 Å². The van der Waals surface area contributed by atoms with Crippen LogP contribution < -0.4 is 55.2 Å². The number of aromatic nitrogens is 4. The van der Waals surface area contributed by atoms with E-state index in [-0.39, 0.29) is 46.7 Å². The SMILES string of the molecule is Cn1c[n+]([C@@H]2O[C@H](COP(=O)([O-])OP(=O)([O-])O)C(O)[C@@H]2O)c2nc(N)[nH]c(=O)c21.[Na+]. The Labute approximate surface area is 189 Å². The molecule has 1 fully saturated rings. The minimum Gasteiger partial charge on any atom is -0.756 e. The maximum absolute atomic E-state index is 12.1. The first-order chi connectivity index (χ1) is 13.3. The molecule has 0 spiro atoms. The van der Waals surface area contributed by atoms with E-state index in [1.807, 2.05) is 0 Å². The Morgan fingerprint density at radius 1 is 1.40 bits per heavy atom. The fraction of sp³-hybridized carbons (Fsp3) is 0.545. The molecule has 1 aliphatic heterocycles. The summed E-state index contributed by atoms with van der Waals surface area (Å²) >= 11 is 0. The maximum atomic E-state index is 12.1. The monoisotopic (exact) mass is 479 g/mol. The number of anilines is 1. The van der Waals surface area contributed by atoms with Crippen LogP contribution in [-0.4, -0.2) is 54.6 Å². The van der Waals surface area contributed by atoms with Crippen molar-refractivity contribution in [3.63, 3.8) is 0 Å². The number of aryl methyl sites for hydroxylation is 1. The van der Waals surface area contributed by atoms with Gasteiger partial charge in [0.25, 0.3) is 27.2 Å². The van der Waals surface area contributed by atoms with E-state index in [1.165, 1.54) is 22.5 Å². The van der Waals surface area contributed by atoms with Crippen LogP contribution in [-0.2, 0) is 29.7 Å². The topological polar surface area (TPSA) is 249 Å². The molecule has 6 atom stereocenters. The molecule has 2 aromatic rings. The molecular weight excluding hydrogens is 463 g/mol. The molecule has 2 aromatic heterocycles. The molecule has 16 nitrogen and oxygen atoms in total. The van der Waals surface area contributed by atoms with Gasteiger partial charge in [-0.25, -0.2) is 8.88 Å². The van der Waals surface area contributed by atoms with Crippen molar-refractivity contribution in [3.05, 3.63) is 16.7 Å². The molecule has 0 saturated carbocycles. The van der Waals surface area contributed by atoms with Crippen molar-refractivity contribution < 1.29 is 81.7 Å². The van der Waals surface area contributed by atoms with Gasteiger partial charge in [-0.15, -0.1) is 0 Å². The average Bonchev–Trinajstić information content (AvgIpc) is 3.01. The standard InChI is InChI=1S/C11H17N5O11P2.Na/c1-15-3-16(8-5(15)9(19)14-11(12)13-8)10-7(18)6(17)4(26-10)2-25-29(23,24)27-28(20,21)22;/h3-4,6-7,10,17-18H,2H2,1H3,(H5-,12,13,14,19,20,21,22,23,24);/q;+1/p-1/t4-,6?,7+,10-;/m1./s1. The van der Waals surface area contributed by atoms with Crippen LogP contribution in [0.25, 0.3) is 11.2 Å². The van der Waals surface area contributed by atoms with Crippen LogP contribution in [0.5, 0.6) is 0 Å². The molecule has 3 rings (SSSR count). The number of ether oxygens (including phenoxy) is 1. The number of aliphatic hydroxyl groups excluding tert-OH is 2. The Kier molecular flexibility index (Phi) is 7.69. The molecule has 0 aromatic carbocycles. The van der Waals surface area contributed by atoms with Gasteiger partial charge in [-0.1, -0.05) is 4.98 Å². The van der Waals surface area contributed by atoms with Gasteiger partial charge in [0.15, 0.2) is 6.33 Å². The summed E-state index contributed by atoms with van der Waals surface area (Å²) in [6, 6.07) is 0. The molecule has 3 unspecified atom stereocenters. The number of nitrogens with one attached hydrogen (secondary N) is 1. The summed E-state index contributed by atoms with van der Waals surface area (Å²) in [6.07, 6.45) is -4.73. The summed E-state index contributed by atoms with van der Waals surface area (Å²) in [5.74, 6) is -0.217. The van der Waals surface area contributed by atoms with Gasteiger partial charge in [0.1, 0.15) is 18.3 Å². The van der Waals surface area contributed by atoms with E-state index in [0.29, 0.717) is 0 Å². The number of rotatable bonds is 6. The molecule has 0 bridgehead atoms. The van der Waals surface area contributed by atoms with Crippen LogP contribution in [0.4, 0.5) is 5.95 Å². The fourth-order valence-corrected chi connectivity index (χ4v) is 4.40. The van der Waals surface area contributed by atoms with E-state index in [9.17, 15) is 33.9 Å². The van der Waals surface area contributed by atoms with Gasteiger partial charge in [0.05, 0.1) is 13.7 Å². The van der Waals surface area contributed by atoms with Crippen LogP contribution in [0.15, 0.2) is 11.1 Å². The van der Waals surface area contributed by atoms with Crippen molar-refractivity contribution in [2.24, 2.45) is 7.05 Å². The number of fused-ring (bicyclic) bond motifs is 1. The number of nitrogens with zero attached hydrogens (tertiary/aromatic N) is 3. The largest absolute Gasteiger partial charge is 1.00 e. The zero-order valence-corrected chi connectivity index (χ0v) is 19.3. The van der Waals surface area contributed by atoms with E-state index in [4.69, 9.17) is 15.4 Å². The van der Waals surface area contributed by atoms with Crippen molar-refractivity contribution in [2.45, 2.75) is 24.5 Å². The smallest absolute Gasteiger partial charge is 0.756 e. The number of phosphoric ester groups is 1. The summed E-state index contributed by atoms with van der Waals surface area (Å²) < 4.78 is 37.5. The van der Waals surface area contributed by atoms with Gasteiger partial charge in [0.2, 0.25) is 11.7 Å². The van der Waals surface area contributed by atoms with Crippen molar-refractivity contribution in [1.29, 1.82) is 0 Å². The van der Waals surface area contributed by atoms with Gasteiger partial charge in [-0.05, 0) is 0 Å². The first-order valence-corrected chi connectivity index (χ1v) is 10.7. The molecule has 0 amide bonds. The van der Waals surface area contributed by atoms with Crippen LogP contribution in [0.3, 0.4) is 0 Å². The van der Waals surface area contributed by atoms with Crippen LogP contribution in [0.1, 0.15) is 6.23 Å². The van der Waals surface area contributed by atoms with Crippen molar-refractivity contribution in [1.82, 2.24) is 14.5 Å². The minimum atomic E-state index is -5.63. The summed E-state index contributed by atoms with van der Waals surface area (Å²) in [5.41, 5.74) is 5.04. The molecule has 1 saturated heterocycles. The zero-order chi connectivity index (χ0) is 21.7. The van der Waals surface area contributed by atoms with Crippen molar-refractivity contribution >= 4 is 32.8 Å². The Balaban J connectivity index is 0.00000320. The Morgan fingerprint density at radius 3 is 2.63 bits per heavy atom. The number of nitrogens with two attached hydrogens (primary N) is 1. The second kappa shape index (κ2) is 9.03. The van der Waals surface area contributed by atoms with Gasteiger partial charge in [0, 0.05) is 0 Å².